The number of rotatable bonds is 6. The standard InChI is InChI=1S/C18H25N3O3S2/c1-26(22,23)24-10-9-12-7-8-14-15(12)16-17(19-11-20-18(16)25-14)21-13-5-3-2-4-6-13/h11-13H,2-10H2,1H3,(H,19,20,21)/t12-/m1/s1. The van der Waals surface area contributed by atoms with Gasteiger partial charge >= 0.3 is 0 Å². The van der Waals surface area contributed by atoms with Crippen molar-refractivity contribution in [2.75, 3.05) is 18.2 Å². The summed E-state index contributed by atoms with van der Waals surface area (Å²) in [6.45, 7) is 0.235. The number of aryl methyl sites for hydroxylation is 1. The van der Waals surface area contributed by atoms with Crippen molar-refractivity contribution >= 4 is 37.5 Å². The third-order valence-electron chi connectivity index (χ3n) is 5.44. The van der Waals surface area contributed by atoms with Gasteiger partial charge < -0.3 is 5.32 Å². The average molecular weight is 396 g/mol. The minimum Gasteiger partial charge on any atom is -0.367 e. The fraction of sp³-hybridized carbons (Fsp3) is 0.667. The van der Waals surface area contributed by atoms with E-state index in [-0.39, 0.29) is 6.61 Å². The molecule has 1 fully saturated rings. The molecule has 142 valence electrons. The van der Waals surface area contributed by atoms with Crippen molar-refractivity contribution < 1.29 is 12.6 Å². The lowest BCUT2D eigenvalue weighted by atomic mass is 9.95. The molecule has 2 aliphatic rings. The van der Waals surface area contributed by atoms with E-state index in [0.29, 0.717) is 18.4 Å². The number of hydrogen-bond donors (Lipinski definition) is 1. The maximum atomic E-state index is 11.2. The Morgan fingerprint density at radius 1 is 1.23 bits per heavy atom. The van der Waals surface area contributed by atoms with E-state index >= 15 is 0 Å². The van der Waals surface area contributed by atoms with Crippen molar-refractivity contribution in [3.05, 3.63) is 16.8 Å². The zero-order chi connectivity index (χ0) is 18.1. The summed E-state index contributed by atoms with van der Waals surface area (Å²) in [7, 11) is -3.38. The Kier molecular flexibility index (Phi) is 5.16. The predicted molar refractivity (Wildman–Crippen MR) is 104 cm³/mol. The van der Waals surface area contributed by atoms with Gasteiger partial charge in [-0.25, -0.2) is 9.97 Å². The highest BCUT2D eigenvalue weighted by Crippen LogP contribution is 2.46. The number of anilines is 1. The first-order chi connectivity index (χ1) is 12.5. The van der Waals surface area contributed by atoms with Crippen molar-refractivity contribution in [1.29, 1.82) is 0 Å². The third kappa shape index (κ3) is 3.87. The molecular weight excluding hydrogens is 370 g/mol. The van der Waals surface area contributed by atoms with Gasteiger partial charge in [-0.15, -0.1) is 11.3 Å². The normalized spacial score (nSPS) is 21.2. The van der Waals surface area contributed by atoms with Gasteiger partial charge in [-0.1, -0.05) is 19.3 Å². The van der Waals surface area contributed by atoms with Gasteiger partial charge in [0.15, 0.2) is 0 Å². The zero-order valence-electron chi connectivity index (χ0n) is 15.0. The molecule has 0 unspecified atom stereocenters. The van der Waals surface area contributed by atoms with Crippen LogP contribution in [0.5, 0.6) is 0 Å². The monoisotopic (exact) mass is 395 g/mol. The van der Waals surface area contributed by atoms with Crippen molar-refractivity contribution in [2.24, 2.45) is 0 Å². The molecule has 0 amide bonds. The van der Waals surface area contributed by atoms with Crippen LogP contribution in [-0.2, 0) is 20.7 Å². The maximum absolute atomic E-state index is 11.2. The Morgan fingerprint density at radius 3 is 2.81 bits per heavy atom. The number of nitrogens with one attached hydrogen (secondary N) is 1. The van der Waals surface area contributed by atoms with E-state index in [1.807, 2.05) is 0 Å². The molecule has 0 saturated heterocycles. The highest BCUT2D eigenvalue weighted by Gasteiger charge is 2.30. The molecule has 0 aromatic carbocycles. The molecule has 2 heterocycles. The number of nitrogens with zero attached hydrogens (tertiary/aromatic N) is 2. The van der Waals surface area contributed by atoms with E-state index in [2.05, 4.69) is 15.3 Å². The molecule has 0 aliphatic heterocycles. The van der Waals surface area contributed by atoms with Gasteiger partial charge in [0.2, 0.25) is 0 Å². The predicted octanol–water partition coefficient (Wildman–Crippen LogP) is 3.83. The Hall–Kier alpha value is -1.25. The van der Waals surface area contributed by atoms with Crippen LogP contribution in [0.15, 0.2) is 6.33 Å². The van der Waals surface area contributed by atoms with Crippen LogP contribution < -0.4 is 5.32 Å². The second kappa shape index (κ2) is 7.40. The molecule has 0 bridgehead atoms. The van der Waals surface area contributed by atoms with Crippen molar-refractivity contribution in [1.82, 2.24) is 9.97 Å². The average Bonchev–Trinajstić information content (AvgIpc) is 3.15. The summed E-state index contributed by atoms with van der Waals surface area (Å²) >= 11 is 1.76. The molecule has 1 atom stereocenters. The number of fused-ring (bicyclic) bond motifs is 3. The summed E-state index contributed by atoms with van der Waals surface area (Å²) in [6.07, 6.45) is 11.8. The van der Waals surface area contributed by atoms with Crippen LogP contribution >= 0.6 is 11.3 Å². The lowest BCUT2D eigenvalue weighted by Gasteiger charge is -2.24. The number of thiophene rings is 1. The molecule has 2 aromatic rings. The Balaban J connectivity index is 1.59. The SMILES string of the molecule is CS(=O)(=O)OCC[C@H]1CCc2sc3ncnc(NC4CCCCC4)c3c21. The summed E-state index contributed by atoms with van der Waals surface area (Å²) < 4.78 is 27.5. The van der Waals surface area contributed by atoms with E-state index in [9.17, 15) is 8.42 Å². The molecule has 0 radical (unpaired) electrons. The quantitative estimate of drug-likeness (QED) is 0.749. The zero-order valence-corrected chi connectivity index (χ0v) is 16.7. The molecule has 1 N–H and O–H groups in total. The summed E-state index contributed by atoms with van der Waals surface area (Å²) in [5, 5.41) is 4.82. The highest BCUT2D eigenvalue weighted by molar-refractivity contribution is 7.85. The topological polar surface area (TPSA) is 81.2 Å². The first-order valence-corrected chi connectivity index (χ1v) is 12.0. The smallest absolute Gasteiger partial charge is 0.264 e. The van der Waals surface area contributed by atoms with Crippen LogP contribution in [0.1, 0.15) is 61.3 Å². The first kappa shape index (κ1) is 18.1. The summed E-state index contributed by atoms with van der Waals surface area (Å²) in [5.41, 5.74) is 1.32. The van der Waals surface area contributed by atoms with Crippen LogP contribution in [0.25, 0.3) is 10.2 Å². The lowest BCUT2D eigenvalue weighted by Crippen LogP contribution is -2.23. The summed E-state index contributed by atoms with van der Waals surface area (Å²) in [4.78, 5) is 11.5. The second-order valence-corrected chi connectivity index (χ2v) is 10.1. The molecule has 0 spiro atoms. The first-order valence-electron chi connectivity index (χ1n) is 9.38. The molecule has 4 rings (SSSR count). The Morgan fingerprint density at radius 2 is 2.04 bits per heavy atom. The van der Waals surface area contributed by atoms with Gasteiger partial charge in [-0.2, -0.15) is 8.42 Å². The fourth-order valence-electron chi connectivity index (χ4n) is 4.25. The van der Waals surface area contributed by atoms with Gasteiger partial charge in [0.25, 0.3) is 10.1 Å². The summed E-state index contributed by atoms with van der Waals surface area (Å²) in [6, 6.07) is 0.492. The van der Waals surface area contributed by atoms with Gasteiger partial charge in [-0.3, -0.25) is 4.18 Å². The summed E-state index contributed by atoms with van der Waals surface area (Å²) in [5.74, 6) is 1.27. The van der Waals surface area contributed by atoms with Crippen molar-refractivity contribution in [3.8, 4) is 0 Å². The van der Waals surface area contributed by atoms with E-state index in [1.54, 1.807) is 17.7 Å². The minimum absolute atomic E-state index is 0.235. The fourth-order valence-corrected chi connectivity index (χ4v) is 5.89. The van der Waals surface area contributed by atoms with Crippen LogP contribution in [0, 0.1) is 0 Å². The molecule has 1 saturated carbocycles. The van der Waals surface area contributed by atoms with Gasteiger partial charge in [0.05, 0.1) is 18.2 Å². The van der Waals surface area contributed by atoms with E-state index in [0.717, 1.165) is 35.1 Å². The van der Waals surface area contributed by atoms with E-state index in [1.165, 1.54) is 42.5 Å². The van der Waals surface area contributed by atoms with Gasteiger partial charge in [0.1, 0.15) is 17.0 Å². The van der Waals surface area contributed by atoms with Crippen LogP contribution in [0.2, 0.25) is 0 Å². The molecule has 6 nitrogen and oxygen atoms in total. The maximum Gasteiger partial charge on any atom is 0.264 e. The third-order valence-corrected chi connectivity index (χ3v) is 7.21. The van der Waals surface area contributed by atoms with Gasteiger partial charge in [-0.05, 0) is 43.6 Å². The van der Waals surface area contributed by atoms with Crippen molar-refractivity contribution in [2.45, 2.75) is 63.3 Å². The number of hydrogen-bond acceptors (Lipinski definition) is 7. The molecular formula is C18H25N3O3S2. The molecule has 26 heavy (non-hydrogen) atoms. The Bertz CT molecular complexity index is 888. The lowest BCUT2D eigenvalue weighted by molar-refractivity contribution is 0.303. The largest absolute Gasteiger partial charge is 0.367 e. The number of aromatic nitrogens is 2. The van der Waals surface area contributed by atoms with Crippen LogP contribution in [0.3, 0.4) is 0 Å². The minimum atomic E-state index is -3.38. The van der Waals surface area contributed by atoms with Crippen LogP contribution in [0.4, 0.5) is 5.82 Å². The molecule has 8 heteroatoms. The van der Waals surface area contributed by atoms with Gasteiger partial charge in [0, 0.05) is 10.9 Å². The highest BCUT2D eigenvalue weighted by atomic mass is 32.2. The van der Waals surface area contributed by atoms with Crippen molar-refractivity contribution in [3.63, 3.8) is 0 Å². The molecule has 2 aromatic heterocycles. The van der Waals surface area contributed by atoms with E-state index < -0.39 is 10.1 Å². The van der Waals surface area contributed by atoms with E-state index in [4.69, 9.17) is 4.18 Å². The van der Waals surface area contributed by atoms with Crippen LogP contribution in [-0.4, -0.2) is 37.3 Å². The molecule has 2 aliphatic carbocycles. The Labute approximate surface area is 158 Å². The second-order valence-electron chi connectivity index (χ2n) is 7.37.